The monoisotopic (exact) mass is 241 g/mol. The molecule has 0 saturated heterocycles. The maximum atomic E-state index is 11.4. The minimum Gasteiger partial charge on any atom is -0.304 e. The fourth-order valence-corrected chi connectivity index (χ4v) is 1.74. The van der Waals surface area contributed by atoms with Crippen LogP contribution in [0, 0.1) is 5.92 Å². The van der Waals surface area contributed by atoms with Crippen molar-refractivity contribution in [1.29, 1.82) is 0 Å². The summed E-state index contributed by atoms with van der Waals surface area (Å²) in [5.74, 6) is 0.638. The predicted octanol–water partition coefficient (Wildman–Crippen LogP) is 3.89. The standard InChI is InChI=1S/C15H31NO/c1-13(2)15(17)11-9-7-6-8-10-12-16(5)14(3)4/h13-14H,6-12H2,1-5H3. The summed E-state index contributed by atoms with van der Waals surface area (Å²) in [4.78, 5) is 13.8. The minimum absolute atomic E-state index is 0.217. The van der Waals surface area contributed by atoms with Crippen molar-refractivity contribution >= 4 is 5.78 Å². The molecule has 0 atom stereocenters. The average Bonchev–Trinajstić information content (AvgIpc) is 2.26. The Labute approximate surface area is 108 Å². The summed E-state index contributed by atoms with van der Waals surface area (Å²) in [7, 11) is 2.19. The molecule has 0 aromatic carbocycles. The van der Waals surface area contributed by atoms with Gasteiger partial charge in [-0.05, 0) is 40.3 Å². The first-order valence-corrected chi connectivity index (χ1v) is 7.18. The molecule has 0 aliphatic heterocycles. The van der Waals surface area contributed by atoms with E-state index in [9.17, 15) is 4.79 Å². The smallest absolute Gasteiger partial charge is 0.135 e. The summed E-state index contributed by atoms with van der Waals surface area (Å²) in [6, 6.07) is 0.652. The molecule has 0 spiro atoms. The van der Waals surface area contributed by atoms with Crippen molar-refractivity contribution in [1.82, 2.24) is 4.90 Å². The van der Waals surface area contributed by atoms with Gasteiger partial charge in [0.1, 0.15) is 5.78 Å². The van der Waals surface area contributed by atoms with E-state index in [2.05, 4.69) is 25.8 Å². The third-order valence-electron chi connectivity index (χ3n) is 3.46. The summed E-state index contributed by atoms with van der Waals surface area (Å²) < 4.78 is 0. The number of Topliss-reactive ketones (excluding diaryl/α,β-unsaturated/α-hetero) is 1. The van der Waals surface area contributed by atoms with Crippen LogP contribution in [0.4, 0.5) is 0 Å². The van der Waals surface area contributed by atoms with Gasteiger partial charge in [0.15, 0.2) is 0 Å². The molecule has 0 fully saturated rings. The maximum Gasteiger partial charge on any atom is 0.135 e. The lowest BCUT2D eigenvalue weighted by atomic mass is 10.0. The first-order chi connectivity index (χ1) is 7.95. The van der Waals surface area contributed by atoms with E-state index < -0.39 is 0 Å². The van der Waals surface area contributed by atoms with Crippen molar-refractivity contribution in [2.75, 3.05) is 13.6 Å². The van der Waals surface area contributed by atoms with Crippen molar-refractivity contribution in [3.8, 4) is 0 Å². The summed E-state index contributed by atoms with van der Waals surface area (Å²) in [5, 5.41) is 0. The van der Waals surface area contributed by atoms with Crippen LogP contribution in [-0.4, -0.2) is 30.3 Å². The minimum atomic E-state index is 0.217. The summed E-state index contributed by atoms with van der Waals surface area (Å²) in [6.07, 6.45) is 6.93. The topological polar surface area (TPSA) is 20.3 Å². The van der Waals surface area contributed by atoms with Gasteiger partial charge in [0.05, 0.1) is 0 Å². The molecular weight excluding hydrogens is 210 g/mol. The Kier molecular flexibility index (Phi) is 9.43. The first kappa shape index (κ1) is 16.6. The number of rotatable bonds is 10. The molecule has 0 amide bonds. The number of unbranched alkanes of at least 4 members (excludes halogenated alkanes) is 4. The van der Waals surface area contributed by atoms with E-state index in [4.69, 9.17) is 0 Å². The number of hydrogen-bond acceptors (Lipinski definition) is 2. The summed E-state index contributed by atoms with van der Waals surface area (Å²) in [5.41, 5.74) is 0. The molecule has 0 unspecified atom stereocenters. The average molecular weight is 241 g/mol. The second-order valence-electron chi connectivity index (χ2n) is 5.71. The SMILES string of the molecule is CC(C)C(=O)CCCCCCCN(C)C(C)C. The van der Waals surface area contributed by atoms with E-state index in [1.54, 1.807) is 0 Å². The van der Waals surface area contributed by atoms with Crippen LogP contribution in [-0.2, 0) is 4.79 Å². The van der Waals surface area contributed by atoms with Crippen LogP contribution in [0.2, 0.25) is 0 Å². The molecule has 0 radical (unpaired) electrons. The highest BCUT2D eigenvalue weighted by Gasteiger charge is 2.06. The van der Waals surface area contributed by atoms with Crippen molar-refractivity contribution in [2.45, 2.75) is 72.3 Å². The number of carbonyl (C=O) groups excluding carboxylic acids is 1. The Morgan fingerprint density at radius 1 is 0.941 bits per heavy atom. The molecule has 0 aliphatic carbocycles. The largest absolute Gasteiger partial charge is 0.304 e. The van der Waals surface area contributed by atoms with Crippen LogP contribution in [0.5, 0.6) is 0 Å². The van der Waals surface area contributed by atoms with E-state index in [0.29, 0.717) is 11.8 Å². The van der Waals surface area contributed by atoms with Crippen LogP contribution < -0.4 is 0 Å². The van der Waals surface area contributed by atoms with E-state index in [1.807, 2.05) is 13.8 Å². The van der Waals surface area contributed by atoms with Crippen LogP contribution in [0.3, 0.4) is 0 Å². The lowest BCUT2D eigenvalue weighted by molar-refractivity contribution is -0.122. The number of carbonyl (C=O) groups is 1. The Morgan fingerprint density at radius 3 is 2.00 bits per heavy atom. The first-order valence-electron chi connectivity index (χ1n) is 7.18. The second-order valence-corrected chi connectivity index (χ2v) is 5.71. The third-order valence-corrected chi connectivity index (χ3v) is 3.46. The lowest BCUT2D eigenvalue weighted by Crippen LogP contribution is -2.27. The Morgan fingerprint density at radius 2 is 1.47 bits per heavy atom. The van der Waals surface area contributed by atoms with Crippen molar-refractivity contribution in [3.05, 3.63) is 0 Å². The lowest BCUT2D eigenvalue weighted by Gasteiger charge is -2.20. The highest BCUT2D eigenvalue weighted by Crippen LogP contribution is 2.09. The van der Waals surface area contributed by atoms with Gasteiger partial charge < -0.3 is 4.90 Å². The molecule has 2 heteroatoms. The molecule has 2 nitrogen and oxygen atoms in total. The molecule has 17 heavy (non-hydrogen) atoms. The third kappa shape index (κ3) is 9.34. The zero-order valence-corrected chi connectivity index (χ0v) is 12.5. The molecule has 0 heterocycles. The van der Waals surface area contributed by atoms with Crippen molar-refractivity contribution < 1.29 is 4.79 Å². The van der Waals surface area contributed by atoms with Gasteiger partial charge in [-0.25, -0.2) is 0 Å². The molecule has 0 N–H and O–H groups in total. The van der Waals surface area contributed by atoms with E-state index in [0.717, 1.165) is 12.8 Å². The van der Waals surface area contributed by atoms with Crippen molar-refractivity contribution in [3.63, 3.8) is 0 Å². The quantitative estimate of drug-likeness (QED) is 0.541. The van der Waals surface area contributed by atoms with Crippen LogP contribution in [0.15, 0.2) is 0 Å². The van der Waals surface area contributed by atoms with Gasteiger partial charge in [0.25, 0.3) is 0 Å². The summed E-state index contributed by atoms with van der Waals surface area (Å²) in [6.45, 7) is 9.64. The van der Waals surface area contributed by atoms with Gasteiger partial charge in [0.2, 0.25) is 0 Å². The van der Waals surface area contributed by atoms with Gasteiger partial charge in [0, 0.05) is 18.4 Å². The van der Waals surface area contributed by atoms with Crippen LogP contribution in [0.25, 0.3) is 0 Å². The van der Waals surface area contributed by atoms with Gasteiger partial charge in [-0.1, -0.05) is 33.1 Å². The Bertz CT molecular complexity index is 199. The molecule has 0 saturated carbocycles. The molecule has 102 valence electrons. The Balaban J connectivity index is 3.27. The zero-order valence-electron chi connectivity index (χ0n) is 12.5. The van der Waals surface area contributed by atoms with Gasteiger partial charge >= 0.3 is 0 Å². The molecular formula is C15H31NO. The van der Waals surface area contributed by atoms with E-state index in [-0.39, 0.29) is 5.92 Å². The molecule has 0 rings (SSSR count). The van der Waals surface area contributed by atoms with Gasteiger partial charge in [-0.3, -0.25) is 4.79 Å². The van der Waals surface area contributed by atoms with Gasteiger partial charge in [-0.2, -0.15) is 0 Å². The van der Waals surface area contributed by atoms with Crippen molar-refractivity contribution in [2.24, 2.45) is 5.92 Å². The Hall–Kier alpha value is -0.370. The molecule has 0 aromatic heterocycles. The highest BCUT2D eigenvalue weighted by molar-refractivity contribution is 5.80. The number of hydrogen-bond donors (Lipinski definition) is 0. The fourth-order valence-electron chi connectivity index (χ4n) is 1.74. The second kappa shape index (κ2) is 9.64. The number of ketones is 1. The van der Waals surface area contributed by atoms with Crippen LogP contribution >= 0.6 is 0 Å². The van der Waals surface area contributed by atoms with E-state index >= 15 is 0 Å². The van der Waals surface area contributed by atoms with Gasteiger partial charge in [-0.15, -0.1) is 0 Å². The summed E-state index contributed by atoms with van der Waals surface area (Å²) >= 11 is 0. The number of nitrogens with zero attached hydrogens (tertiary/aromatic N) is 1. The van der Waals surface area contributed by atoms with E-state index in [1.165, 1.54) is 32.2 Å². The highest BCUT2D eigenvalue weighted by atomic mass is 16.1. The normalized spacial score (nSPS) is 11.8. The fraction of sp³-hybridized carbons (Fsp3) is 0.933. The molecule has 0 aromatic rings. The predicted molar refractivity (Wildman–Crippen MR) is 75.3 cm³/mol. The molecule has 0 bridgehead atoms. The van der Waals surface area contributed by atoms with Crippen LogP contribution in [0.1, 0.15) is 66.2 Å². The maximum absolute atomic E-state index is 11.4. The zero-order chi connectivity index (χ0) is 13.3. The molecule has 0 aliphatic rings.